The topological polar surface area (TPSA) is 50.1 Å². The van der Waals surface area contributed by atoms with Gasteiger partial charge < -0.3 is 4.74 Å². The molecule has 0 N–H and O–H groups in total. The van der Waals surface area contributed by atoms with E-state index in [4.69, 9.17) is 10.00 Å². The van der Waals surface area contributed by atoms with Crippen LogP contribution in [0, 0.1) is 29.0 Å². The molecule has 0 bridgehead atoms. The van der Waals surface area contributed by atoms with Gasteiger partial charge in [-0.3, -0.25) is 4.79 Å². The fourth-order valence-electron chi connectivity index (χ4n) is 4.38. The van der Waals surface area contributed by atoms with E-state index < -0.39 is 0 Å². The molecule has 2 saturated carbocycles. The van der Waals surface area contributed by atoms with Gasteiger partial charge in [-0.05, 0) is 80.9 Å². The Hall–Kier alpha value is -2.41. The number of carbonyl (C=O) groups excluding carboxylic acids is 1. The van der Waals surface area contributed by atoms with E-state index in [1.54, 1.807) is 6.08 Å². The maximum absolute atomic E-state index is 13.1. The molecule has 148 valence electrons. The number of benzene rings is 1. The van der Waals surface area contributed by atoms with Crippen LogP contribution in [0.15, 0.2) is 48.6 Å². The number of esters is 1. The third kappa shape index (κ3) is 5.79. The van der Waals surface area contributed by atoms with Crippen molar-refractivity contribution >= 4 is 5.97 Å². The van der Waals surface area contributed by atoms with E-state index in [0.29, 0.717) is 11.8 Å². The fraction of sp³-hybridized carbons (Fsp3) is 0.500. The standard InChI is InChI=1S/C24H28FNO2/c25-22-13-9-19(10-14-22)20-11-15-23(16-12-20)28-24(27)21-7-5-18(6-8-21)4-2-1-3-17-26/h1-4,9-10,13-14,18,20-21,23H,5-8,11-12,15-16H2/t18-,20-,21-,23-. The molecule has 0 aliphatic heterocycles. The number of carbonyl (C=O) groups is 1. The van der Waals surface area contributed by atoms with Gasteiger partial charge in [-0.2, -0.15) is 5.26 Å². The van der Waals surface area contributed by atoms with Gasteiger partial charge in [0.25, 0.3) is 0 Å². The Bertz CT molecular complexity index is 731. The molecule has 2 aliphatic rings. The average molecular weight is 381 g/mol. The third-order valence-corrected chi connectivity index (χ3v) is 6.07. The molecule has 2 aliphatic carbocycles. The summed E-state index contributed by atoms with van der Waals surface area (Å²) in [7, 11) is 0. The number of ether oxygens (including phenoxy) is 1. The molecule has 4 heteroatoms. The van der Waals surface area contributed by atoms with Crippen molar-refractivity contribution in [1.29, 1.82) is 5.26 Å². The van der Waals surface area contributed by atoms with E-state index in [1.165, 1.54) is 23.8 Å². The minimum atomic E-state index is -0.199. The van der Waals surface area contributed by atoms with Crippen LogP contribution in [0.3, 0.4) is 0 Å². The second-order valence-corrected chi connectivity index (χ2v) is 7.95. The molecule has 1 aromatic carbocycles. The first-order valence-electron chi connectivity index (χ1n) is 10.3. The van der Waals surface area contributed by atoms with Gasteiger partial charge in [-0.25, -0.2) is 4.39 Å². The minimum Gasteiger partial charge on any atom is -0.462 e. The van der Waals surface area contributed by atoms with Gasteiger partial charge in [-0.1, -0.05) is 30.4 Å². The van der Waals surface area contributed by atoms with Crippen molar-refractivity contribution in [2.24, 2.45) is 11.8 Å². The lowest BCUT2D eigenvalue weighted by Crippen LogP contribution is -2.29. The second-order valence-electron chi connectivity index (χ2n) is 7.95. The summed E-state index contributed by atoms with van der Waals surface area (Å²) < 4.78 is 18.9. The molecule has 0 radical (unpaired) electrons. The zero-order valence-electron chi connectivity index (χ0n) is 16.2. The van der Waals surface area contributed by atoms with E-state index in [1.807, 2.05) is 24.3 Å². The minimum absolute atomic E-state index is 0.0223. The Morgan fingerprint density at radius 3 is 2.32 bits per heavy atom. The van der Waals surface area contributed by atoms with Crippen molar-refractivity contribution in [3.8, 4) is 6.07 Å². The van der Waals surface area contributed by atoms with Crippen LogP contribution < -0.4 is 0 Å². The van der Waals surface area contributed by atoms with Gasteiger partial charge in [0.2, 0.25) is 0 Å². The molecule has 0 spiro atoms. The van der Waals surface area contributed by atoms with Gasteiger partial charge in [0.05, 0.1) is 12.0 Å². The van der Waals surface area contributed by atoms with Gasteiger partial charge in [0, 0.05) is 6.08 Å². The van der Waals surface area contributed by atoms with Crippen LogP contribution in [0.25, 0.3) is 0 Å². The largest absolute Gasteiger partial charge is 0.462 e. The normalized spacial score (nSPS) is 28.3. The molecule has 3 nitrogen and oxygen atoms in total. The highest BCUT2D eigenvalue weighted by molar-refractivity contribution is 5.72. The molecule has 28 heavy (non-hydrogen) atoms. The summed E-state index contributed by atoms with van der Waals surface area (Å²) in [6.07, 6.45) is 14.8. The predicted octanol–water partition coefficient (Wildman–Crippen LogP) is 5.84. The monoisotopic (exact) mass is 381 g/mol. The van der Waals surface area contributed by atoms with Gasteiger partial charge in [0.1, 0.15) is 11.9 Å². The number of allylic oxidation sites excluding steroid dienone is 4. The summed E-state index contributed by atoms with van der Waals surface area (Å²) >= 11 is 0. The van der Waals surface area contributed by atoms with Crippen LogP contribution >= 0.6 is 0 Å². The fourth-order valence-corrected chi connectivity index (χ4v) is 4.38. The highest BCUT2D eigenvalue weighted by Crippen LogP contribution is 2.36. The number of halogens is 1. The first-order valence-corrected chi connectivity index (χ1v) is 10.3. The number of hydrogen-bond acceptors (Lipinski definition) is 3. The molecule has 0 unspecified atom stereocenters. The smallest absolute Gasteiger partial charge is 0.309 e. The molecule has 1 aromatic rings. The SMILES string of the molecule is N#CC=CC=C[C@H]1CC[C@H](C(=O)O[C@H]2CC[C@H](c3ccc(F)cc3)CC2)CC1. The Labute approximate surface area is 166 Å². The molecule has 0 atom stereocenters. The molecular formula is C24H28FNO2. The molecular weight excluding hydrogens is 353 g/mol. The maximum atomic E-state index is 13.1. The summed E-state index contributed by atoms with van der Waals surface area (Å²) in [6, 6.07) is 8.75. The van der Waals surface area contributed by atoms with Crippen LogP contribution in [0.5, 0.6) is 0 Å². The Morgan fingerprint density at radius 1 is 1.00 bits per heavy atom. The van der Waals surface area contributed by atoms with E-state index in [-0.39, 0.29) is 23.8 Å². The lowest BCUT2D eigenvalue weighted by Gasteiger charge is -2.31. The molecule has 0 heterocycles. The average Bonchev–Trinajstić information content (AvgIpc) is 2.73. The lowest BCUT2D eigenvalue weighted by atomic mass is 9.81. The van der Waals surface area contributed by atoms with Gasteiger partial charge >= 0.3 is 5.97 Å². The highest BCUT2D eigenvalue weighted by Gasteiger charge is 2.30. The highest BCUT2D eigenvalue weighted by atomic mass is 19.1. The number of rotatable bonds is 5. The summed E-state index contributed by atoms with van der Waals surface area (Å²) in [5.41, 5.74) is 1.18. The van der Waals surface area contributed by atoms with E-state index in [9.17, 15) is 9.18 Å². The Morgan fingerprint density at radius 2 is 1.68 bits per heavy atom. The van der Waals surface area contributed by atoms with Crippen molar-refractivity contribution < 1.29 is 13.9 Å². The van der Waals surface area contributed by atoms with Crippen LogP contribution in [-0.2, 0) is 9.53 Å². The summed E-state index contributed by atoms with van der Waals surface area (Å²) in [5.74, 6) is 0.716. The molecule has 3 rings (SSSR count). The van der Waals surface area contributed by atoms with E-state index >= 15 is 0 Å². The lowest BCUT2D eigenvalue weighted by molar-refractivity contribution is -0.157. The first kappa shape index (κ1) is 20.3. The zero-order chi connectivity index (χ0) is 19.8. The van der Waals surface area contributed by atoms with Gasteiger partial charge in [0.15, 0.2) is 0 Å². The number of nitrogens with zero attached hydrogens (tertiary/aromatic N) is 1. The zero-order valence-corrected chi connectivity index (χ0v) is 16.2. The van der Waals surface area contributed by atoms with Crippen LogP contribution in [0.4, 0.5) is 4.39 Å². The summed E-state index contributed by atoms with van der Waals surface area (Å²) in [4.78, 5) is 12.5. The van der Waals surface area contributed by atoms with Crippen molar-refractivity contribution in [2.45, 2.75) is 63.4 Å². The first-order chi connectivity index (χ1) is 13.7. The number of hydrogen-bond donors (Lipinski definition) is 0. The summed E-state index contributed by atoms with van der Waals surface area (Å²) in [5, 5.41) is 8.48. The van der Waals surface area contributed by atoms with Crippen molar-refractivity contribution in [3.05, 3.63) is 60.0 Å². The third-order valence-electron chi connectivity index (χ3n) is 6.07. The molecule has 0 saturated heterocycles. The predicted molar refractivity (Wildman–Crippen MR) is 107 cm³/mol. The van der Waals surface area contributed by atoms with Crippen molar-refractivity contribution in [1.82, 2.24) is 0 Å². The van der Waals surface area contributed by atoms with Crippen molar-refractivity contribution in [2.75, 3.05) is 0 Å². The number of nitriles is 1. The molecule has 2 fully saturated rings. The second kappa shape index (κ2) is 10.2. The van der Waals surface area contributed by atoms with Crippen LogP contribution in [0.2, 0.25) is 0 Å². The maximum Gasteiger partial charge on any atom is 0.309 e. The Kier molecular flexibility index (Phi) is 7.42. The van der Waals surface area contributed by atoms with Crippen LogP contribution in [-0.4, -0.2) is 12.1 Å². The molecule has 0 amide bonds. The van der Waals surface area contributed by atoms with E-state index in [2.05, 4.69) is 6.08 Å². The van der Waals surface area contributed by atoms with E-state index in [0.717, 1.165) is 51.4 Å². The van der Waals surface area contributed by atoms with Crippen molar-refractivity contribution in [3.63, 3.8) is 0 Å². The van der Waals surface area contributed by atoms with Crippen LogP contribution in [0.1, 0.15) is 62.8 Å². The van der Waals surface area contributed by atoms with Gasteiger partial charge in [-0.15, -0.1) is 0 Å². The quantitative estimate of drug-likeness (QED) is 0.366. The molecule has 0 aromatic heterocycles. The summed E-state index contributed by atoms with van der Waals surface area (Å²) in [6.45, 7) is 0. The Balaban J connectivity index is 1.39.